The first-order valence-corrected chi connectivity index (χ1v) is 12.6. The second-order valence-corrected chi connectivity index (χ2v) is 9.12. The van der Waals surface area contributed by atoms with Gasteiger partial charge in [0.25, 0.3) is 11.7 Å². The summed E-state index contributed by atoms with van der Waals surface area (Å²) in [5, 5.41) is 23.0. The summed E-state index contributed by atoms with van der Waals surface area (Å²) in [5.74, 6) is 0.865. The van der Waals surface area contributed by atoms with E-state index in [0.29, 0.717) is 28.1 Å². The monoisotopic (exact) mass is 522 g/mol. The number of phenolic OH excluding ortho intramolecular Hbond substituents is 1. The van der Waals surface area contributed by atoms with Gasteiger partial charge in [-0.2, -0.15) is 9.67 Å². The number of amides is 1. The zero-order valence-corrected chi connectivity index (χ0v) is 21.3. The Balaban J connectivity index is 1.49. The number of hydrogen-bond acceptors (Lipinski definition) is 6. The third-order valence-corrected chi connectivity index (χ3v) is 6.33. The summed E-state index contributed by atoms with van der Waals surface area (Å²) in [6.45, 7) is 4.29. The number of aryl methyl sites for hydroxylation is 1. The Bertz CT molecular complexity index is 1370. The number of carbonyl (C=O) groups excluding carboxylic acids is 1. The number of nitrogens with zero attached hydrogens (tertiary/aromatic N) is 3. The van der Waals surface area contributed by atoms with Crippen LogP contribution in [0, 0.1) is 6.92 Å². The van der Waals surface area contributed by atoms with E-state index in [1.165, 1.54) is 18.0 Å². The Morgan fingerprint density at radius 1 is 1.19 bits per heavy atom. The van der Waals surface area contributed by atoms with Gasteiger partial charge in [-0.3, -0.25) is 4.79 Å². The van der Waals surface area contributed by atoms with E-state index in [1.54, 1.807) is 18.2 Å². The number of benzene rings is 3. The van der Waals surface area contributed by atoms with Gasteiger partial charge in [0.2, 0.25) is 0 Å². The average molecular weight is 523 g/mol. The molecule has 0 aliphatic heterocycles. The second kappa shape index (κ2) is 11.7. The Morgan fingerprint density at radius 3 is 2.67 bits per heavy atom. The molecule has 3 aromatic carbocycles. The molecule has 4 rings (SSSR count). The highest BCUT2D eigenvalue weighted by atomic mass is 35.5. The van der Waals surface area contributed by atoms with Crippen LogP contribution in [-0.4, -0.2) is 39.8 Å². The smallest absolute Gasteiger partial charge is 0.342 e. The Morgan fingerprint density at radius 2 is 1.94 bits per heavy atom. The summed E-state index contributed by atoms with van der Waals surface area (Å²) in [6, 6.07) is 20.6. The molecule has 8 nitrogen and oxygen atoms in total. The van der Waals surface area contributed by atoms with E-state index in [1.807, 2.05) is 66.9 Å². The van der Waals surface area contributed by atoms with Crippen molar-refractivity contribution in [2.24, 2.45) is 5.10 Å². The Labute approximate surface area is 218 Å². The lowest BCUT2D eigenvalue weighted by Crippen LogP contribution is -2.34. The minimum atomic E-state index is -0.320. The van der Waals surface area contributed by atoms with Gasteiger partial charge in [-0.25, -0.2) is 5.43 Å². The van der Waals surface area contributed by atoms with Crippen molar-refractivity contribution < 1.29 is 19.2 Å². The van der Waals surface area contributed by atoms with Crippen molar-refractivity contribution in [2.75, 3.05) is 12.4 Å². The number of halogens is 1. The van der Waals surface area contributed by atoms with E-state index < -0.39 is 0 Å². The molecule has 1 aromatic heterocycles. The first-order valence-electron chi connectivity index (χ1n) is 11.2. The lowest BCUT2D eigenvalue weighted by atomic mass is 10.1. The first-order chi connectivity index (χ1) is 17.5. The molecule has 3 N–H and O–H groups in total. The number of carbonyl (C=O) groups is 1. The van der Waals surface area contributed by atoms with Crippen LogP contribution in [0.5, 0.6) is 11.5 Å². The maximum atomic E-state index is 12.5. The number of thioether (sulfide) groups is 1. The van der Waals surface area contributed by atoms with Crippen molar-refractivity contribution in [3.05, 3.63) is 82.9 Å². The number of aromatic nitrogens is 3. The van der Waals surface area contributed by atoms with E-state index in [9.17, 15) is 9.90 Å². The number of hydrogen-bond donors (Lipinski definition) is 3. The quantitative estimate of drug-likeness (QED) is 0.128. The number of aromatic amines is 1. The molecule has 0 aliphatic carbocycles. The molecule has 0 saturated heterocycles. The van der Waals surface area contributed by atoms with Crippen LogP contribution in [0.15, 0.2) is 77.0 Å². The normalized spacial score (nSPS) is 11.1. The molecule has 36 heavy (non-hydrogen) atoms. The molecule has 0 radical (unpaired) electrons. The summed E-state index contributed by atoms with van der Waals surface area (Å²) >= 11 is 7.35. The highest BCUT2D eigenvalue weighted by Crippen LogP contribution is 2.28. The van der Waals surface area contributed by atoms with Crippen LogP contribution in [0.3, 0.4) is 0 Å². The molecule has 184 valence electrons. The van der Waals surface area contributed by atoms with E-state index in [-0.39, 0.29) is 17.4 Å². The Hall–Kier alpha value is -3.82. The number of para-hydroxylation sites is 1. The molecule has 0 bridgehead atoms. The molecular formula is C26H25ClN5O3S+. The predicted octanol–water partition coefficient (Wildman–Crippen LogP) is 4.66. The lowest BCUT2D eigenvalue weighted by Gasteiger charge is -2.07. The van der Waals surface area contributed by atoms with Gasteiger partial charge in [0.15, 0.2) is 11.5 Å². The van der Waals surface area contributed by atoms with Crippen molar-refractivity contribution in [3.8, 4) is 28.6 Å². The average Bonchev–Trinajstić information content (AvgIpc) is 3.30. The van der Waals surface area contributed by atoms with E-state index >= 15 is 0 Å². The molecule has 1 heterocycles. The summed E-state index contributed by atoms with van der Waals surface area (Å²) in [4.78, 5) is 12.5. The topological polar surface area (TPSA) is 103 Å². The minimum absolute atomic E-state index is 0.0316. The van der Waals surface area contributed by atoms with E-state index in [0.717, 1.165) is 22.6 Å². The number of nitrogens with one attached hydrogen (secondary N) is 2. The van der Waals surface area contributed by atoms with Crippen molar-refractivity contribution in [1.82, 2.24) is 15.6 Å². The van der Waals surface area contributed by atoms with Crippen LogP contribution in [0.1, 0.15) is 18.1 Å². The SMILES string of the molecule is CCOc1cccc(C=NNC(=O)CSc2n[nH]c(-c3ccc(C)cc3)[n+]2-c2ccc(Cl)cc2)c1O. The van der Waals surface area contributed by atoms with Crippen molar-refractivity contribution >= 4 is 35.5 Å². The van der Waals surface area contributed by atoms with Crippen LogP contribution < -0.4 is 14.7 Å². The summed E-state index contributed by atoms with van der Waals surface area (Å²) in [7, 11) is 0. The van der Waals surface area contributed by atoms with Gasteiger partial charge in [0, 0.05) is 10.6 Å². The molecule has 0 atom stereocenters. The molecule has 0 aliphatic rings. The zero-order chi connectivity index (χ0) is 25.5. The van der Waals surface area contributed by atoms with Crippen LogP contribution in [0.2, 0.25) is 5.02 Å². The second-order valence-electron chi connectivity index (χ2n) is 7.74. The molecule has 10 heteroatoms. The highest BCUT2D eigenvalue weighted by Gasteiger charge is 2.24. The van der Waals surface area contributed by atoms with Gasteiger partial charge in [0.1, 0.15) is 5.69 Å². The van der Waals surface area contributed by atoms with Gasteiger partial charge in [-0.1, -0.05) is 35.4 Å². The number of ether oxygens (including phenoxy) is 1. The summed E-state index contributed by atoms with van der Waals surface area (Å²) in [6.07, 6.45) is 1.37. The maximum absolute atomic E-state index is 12.5. The number of hydrazone groups is 1. The van der Waals surface area contributed by atoms with Crippen LogP contribution >= 0.6 is 23.4 Å². The first kappa shape index (κ1) is 25.3. The molecule has 0 saturated carbocycles. The van der Waals surface area contributed by atoms with Gasteiger partial charge in [-0.15, -0.1) is 5.10 Å². The molecular weight excluding hydrogens is 498 g/mol. The van der Waals surface area contributed by atoms with Gasteiger partial charge in [0.05, 0.1) is 29.2 Å². The molecule has 1 amide bonds. The molecule has 0 fully saturated rings. The standard InChI is InChI=1S/C26H24ClN5O3S/c1-3-35-22-6-4-5-19(24(22)34)15-28-29-23(33)16-36-26-31-30-25(18-9-7-17(2)8-10-18)32(26)21-13-11-20(27)12-14-21/h4-15H,3,16H2,1-2H3,(H2,28,29,33,34)/p+1. The van der Waals surface area contributed by atoms with E-state index in [4.69, 9.17) is 16.3 Å². The Kier molecular flexibility index (Phi) is 8.24. The van der Waals surface area contributed by atoms with Gasteiger partial charge in [-0.05, 0) is 74.1 Å². The van der Waals surface area contributed by atoms with E-state index in [2.05, 4.69) is 20.7 Å². The fraction of sp³-hybridized carbons (Fsp3) is 0.154. The maximum Gasteiger partial charge on any atom is 0.342 e. The van der Waals surface area contributed by atoms with Gasteiger partial charge >= 0.3 is 5.16 Å². The largest absolute Gasteiger partial charge is 0.504 e. The number of aromatic hydroxyl groups is 1. The molecule has 0 unspecified atom stereocenters. The molecule has 4 aromatic rings. The third kappa shape index (κ3) is 6.05. The van der Waals surface area contributed by atoms with Crippen LogP contribution in [-0.2, 0) is 4.79 Å². The van der Waals surface area contributed by atoms with Crippen molar-refractivity contribution in [1.29, 1.82) is 0 Å². The van der Waals surface area contributed by atoms with Gasteiger partial charge < -0.3 is 9.84 Å². The highest BCUT2D eigenvalue weighted by molar-refractivity contribution is 7.99. The fourth-order valence-electron chi connectivity index (χ4n) is 3.38. The van der Waals surface area contributed by atoms with Crippen LogP contribution in [0.25, 0.3) is 17.1 Å². The zero-order valence-electron chi connectivity index (χ0n) is 19.7. The molecule has 0 spiro atoms. The predicted molar refractivity (Wildman–Crippen MR) is 141 cm³/mol. The number of rotatable bonds is 9. The van der Waals surface area contributed by atoms with Crippen molar-refractivity contribution in [3.63, 3.8) is 0 Å². The van der Waals surface area contributed by atoms with Crippen molar-refractivity contribution in [2.45, 2.75) is 19.0 Å². The number of phenols is 1. The lowest BCUT2D eigenvalue weighted by molar-refractivity contribution is -0.625. The summed E-state index contributed by atoms with van der Waals surface area (Å²) in [5.41, 5.74) is 5.89. The third-order valence-electron chi connectivity index (χ3n) is 5.14. The summed E-state index contributed by atoms with van der Waals surface area (Å²) < 4.78 is 7.31. The fourth-order valence-corrected chi connectivity index (χ4v) is 4.27. The minimum Gasteiger partial charge on any atom is -0.504 e. The van der Waals surface area contributed by atoms with Crippen LogP contribution in [0.4, 0.5) is 0 Å². The number of H-pyrrole nitrogens is 1.